The molecule has 1 aliphatic heterocycles. The molecule has 0 bridgehead atoms. The number of fused-ring (bicyclic) bond motifs is 1. The van der Waals surface area contributed by atoms with E-state index in [1.165, 1.54) is 0 Å². The number of rotatable bonds is 1. The lowest BCUT2D eigenvalue weighted by Gasteiger charge is -2.24. The van der Waals surface area contributed by atoms with E-state index in [9.17, 15) is 9.59 Å². The predicted octanol–water partition coefficient (Wildman–Crippen LogP) is 2.89. The van der Waals surface area contributed by atoms with Gasteiger partial charge in [0, 0.05) is 22.2 Å². The molecule has 0 saturated heterocycles. The summed E-state index contributed by atoms with van der Waals surface area (Å²) < 4.78 is 6.12. The van der Waals surface area contributed by atoms with Gasteiger partial charge in [-0.3, -0.25) is 9.59 Å². The van der Waals surface area contributed by atoms with E-state index in [0.29, 0.717) is 17.0 Å². The first-order valence-corrected chi connectivity index (χ1v) is 7.04. The summed E-state index contributed by atoms with van der Waals surface area (Å²) in [5.74, 6) is -0.215. The summed E-state index contributed by atoms with van der Waals surface area (Å²) in [5, 5.41) is 0. The molecular weight excluding hydrogens is 322 g/mol. The highest BCUT2D eigenvalue weighted by molar-refractivity contribution is 9.10. The van der Waals surface area contributed by atoms with Crippen molar-refractivity contribution in [3.8, 4) is 5.75 Å². The fourth-order valence-corrected chi connectivity index (χ4v) is 2.94. The molecule has 3 rings (SSSR count). The van der Waals surface area contributed by atoms with Crippen molar-refractivity contribution >= 4 is 21.9 Å². The maximum atomic E-state index is 12.2. The topological polar surface area (TPSA) is 59.2 Å². The lowest BCUT2D eigenvalue weighted by atomic mass is 9.87. The van der Waals surface area contributed by atoms with Crippen molar-refractivity contribution in [3.05, 3.63) is 62.0 Å². The number of carbonyl (C=O) groups excluding carboxylic acids is 1. The zero-order valence-electron chi connectivity index (χ0n) is 10.8. The fourth-order valence-electron chi connectivity index (χ4n) is 2.52. The van der Waals surface area contributed by atoms with Crippen LogP contribution in [0, 0.1) is 6.92 Å². The third-order valence-corrected chi connectivity index (χ3v) is 3.86. The van der Waals surface area contributed by atoms with Gasteiger partial charge in [0.05, 0.1) is 12.0 Å². The molecule has 1 unspecified atom stereocenters. The molecule has 1 aromatic carbocycles. The van der Waals surface area contributed by atoms with Crippen LogP contribution in [0.1, 0.15) is 29.2 Å². The van der Waals surface area contributed by atoms with E-state index in [1.54, 1.807) is 13.0 Å². The first kappa shape index (κ1) is 13.1. The molecule has 0 fully saturated rings. The molecule has 2 heterocycles. The molecule has 20 heavy (non-hydrogen) atoms. The van der Waals surface area contributed by atoms with E-state index >= 15 is 0 Å². The van der Waals surface area contributed by atoms with Crippen molar-refractivity contribution in [2.24, 2.45) is 0 Å². The molecule has 0 spiro atoms. The SMILES string of the molecule is Cc1cc2c(c(=O)[nH]1)C(c1cccc(Br)c1)CC(=O)O2. The lowest BCUT2D eigenvalue weighted by molar-refractivity contribution is -0.135. The van der Waals surface area contributed by atoms with Crippen LogP contribution in [0.5, 0.6) is 5.75 Å². The number of carbonyl (C=O) groups is 1. The van der Waals surface area contributed by atoms with Crippen LogP contribution < -0.4 is 10.3 Å². The summed E-state index contributed by atoms with van der Waals surface area (Å²) in [6.07, 6.45) is 0.176. The molecule has 102 valence electrons. The third kappa shape index (κ3) is 2.29. The Labute approximate surface area is 123 Å². The molecule has 1 N–H and O–H groups in total. The quantitative estimate of drug-likeness (QED) is 0.816. The number of aryl methyl sites for hydroxylation is 1. The second kappa shape index (κ2) is 4.90. The van der Waals surface area contributed by atoms with Crippen LogP contribution in [0.4, 0.5) is 0 Å². The van der Waals surface area contributed by atoms with Crippen molar-refractivity contribution < 1.29 is 9.53 Å². The van der Waals surface area contributed by atoms with Gasteiger partial charge in [-0.15, -0.1) is 0 Å². The Balaban J connectivity index is 2.20. The Morgan fingerprint density at radius 2 is 2.10 bits per heavy atom. The zero-order chi connectivity index (χ0) is 14.3. The fraction of sp³-hybridized carbons (Fsp3) is 0.200. The summed E-state index contributed by atoms with van der Waals surface area (Å²) in [7, 11) is 0. The molecule has 0 aliphatic carbocycles. The summed E-state index contributed by atoms with van der Waals surface area (Å²) in [6.45, 7) is 1.76. The number of aromatic nitrogens is 1. The number of aromatic amines is 1. The molecule has 0 radical (unpaired) electrons. The zero-order valence-corrected chi connectivity index (χ0v) is 12.4. The van der Waals surface area contributed by atoms with Crippen LogP contribution in [0.2, 0.25) is 0 Å². The van der Waals surface area contributed by atoms with E-state index < -0.39 is 0 Å². The van der Waals surface area contributed by atoms with Gasteiger partial charge in [-0.05, 0) is 24.6 Å². The molecule has 4 nitrogen and oxygen atoms in total. The van der Waals surface area contributed by atoms with Crippen molar-refractivity contribution in [2.75, 3.05) is 0 Å². The summed E-state index contributed by atoms with van der Waals surface area (Å²) in [6, 6.07) is 9.33. The maximum Gasteiger partial charge on any atom is 0.312 e. The largest absolute Gasteiger partial charge is 0.426 e. The smallest absolute Gasteiger partial charge is 0.312 e. The minimum Gasteiger partial charge on any atom is -0.426 e. The van der Waals surface area contributed by atoms with Gasteiger partial charge in [-0.2, -0.15) is 0 Å². The van der Waals surface area contributed by atoms with Gasteiger partial charge in [0.1, 0.15) is 5.75 Å². The molecule has 0 saturated carbocycles. The average molecular weight is 334 g/mol. The molecule has 5 heteroatoms. The number of H-pyrrole nitrogens is 1. The van der Waals surface area contributed by atoms with Crippen LogP contribution in [0.25, 0.3) is 0 Å². The number of ether oxygens (including phenoxy) is 1. The lowest BCUT2D eigenvalue weighted by Crippen LogP contribution is -2.28. The Kier molecular flexibility index (Phi) is 3.22. The Hall–Kier alpha value is -1.88. The van der Waals surface area contributed by atoms with Crippen molar-refractivity contribution in [1.82, 2.24) is 4.98 Å². The van der Waals surface area contributed by atoms with Crippen LogP contribution in [-0.4, -0.2) is 11.0 Å². The Morgan fingerprint density at radius 1 is 1.30 bits per heavy atom. The standard InChI is InChI=1S/C15H12BrNO3/c1-8-5-12-14(15(19)17-8)11(7-13(18)20-12)9-3-2-4-10(16)6-9/h2-6,11H,7H2,1H3,(H,17,19). The highest BCUT2D eigenvalue weighted by Crippen LogP contribution is 2.37. The second-order valence-electron chi connectivity index (χ2n) is 4.85. The highest BCUT2D eigenvalue weighted by Gasteiger charge is 2.31. The number of halogens is 1. The van der Waals surface area contributed by atoms with Gasteiger partial charge >= 0.3 is 5.97 Å². The van der Waals surface area contributed by atoms with Gasteiger partial charge < -0.3 is 9.72 Å². The number of hydrogen-bond acceptors (Lipinski definition) is 3. The van der Waals surface area contributed by atoms with E-state index in [0.717, 1.165) is 10.0 Å². The highest BCUT2D eigenvalue weighted by atomic mass is 79.9. The van der Waals surface area contributed by atoms with Crippen molar-refractivity contribution in [1.29, 1.82) is 0 Å². The normalized spacial score (nSPS) is 17.5. The van der Waals surface area contributed by atoms with Gasteiger partial charge in [-0.25, -0.2) is 0 Å². The number of hydrogen-bond donors (Lipinski definition) is 1. The molecular formula is C15H12BrNO3. The molecule has 2 aromatic rings. The van der Waals surface area contributed by atoms with Crippen molar-refractivity contribution in [3.63, 3.8) is 0 Å². The summed E-state index contributed by atoms with van der Waals surface area (Å²) in [5.41, 5.74) is 1.92. The van der Waals surface area contributed by atoms with E-state index in [2.05, 4.69) is 20.9 Å². The van der Waals surface area contributed by atoms with Crippen LogP contribution in [-0.2, 0) is 4.79 Å². The first-order chi connectivity index (χ1) is 9.54. The third-order valence-electron chi connectivity index (χ3n) is 3.36. The number of esters is 1. The molecule has 1 atom stereocenters. The van der Waals surface area contributed by atoms with Gasteiger partial charge in [0.2, 0.25) is 0 Å². The average Bonchev–Trinajstić information content (AvgIpc) is 2.36. The maximum absolute atomic E-state index is 12.2. The molecule has 1 aromatic heterocycles. The second-order valence-corrected chi connectivity index (χ2v) is 5.76. The molecule has 1 aliphatic rings. The minimum absolute atomic E-state index is 0.176. The summed E-state index contributed by atoms with van der Waals surface area (Å²) in [4.78, 5) is 26.7. The Morgan fingerprint density at radius 3 is 2.85 bits per heavy atom. The van der Waals surface area contributed by atoms with Gasteiger partial charge in [0.25, 0.3) is 5.56 Å². The minimum atomic E-state index is -0.313. The van der Waals surface area contributed by atoms with E-state index in [-0.39, 0.29) is 23.9 Å². The van der Waals surface area contributed by atoms with E-state index in [4.69, 9.17) is 4.74 Å². The predicted molar refractivity (Wildman–Crippen MR) is 78.0 cm³/mol. The Bertz CT molecular complexity index is 751. The van der Waals surface area contributed by atoms with Crippen LogP contribution in [0.3, 0.4) is 0 Å². The number of pyridine rings is 1. The van der Waals surface area contributed by atoms with Crippen LogP contribution in [0.15, 0.2) is 39.6 Å². The number of nitrogens with one attached hydrogen (secondary N) is 1. The summed E-state index contributed by atoms with van der Waals surface area (Å²) >= 11 is 3.41. The molecule has 0 amide bonds. The van der Waals surface area contributed by atoms with Crippen LogP contribution >= 0.6 is 15.9 Å². The van der Waals surface area contributed by atoms with E-state index in [1.807, 2.05) is 24.3 Å². The van der Waals surface area contributed by atoms with Gasteiger partial charge in [-0.1, -0.05) is 28.1 Å². The van der Waals surface area contributed by atoms with Crippen molar-refractivity contribution in [2.45, 2.75) is 19.3 Å². The first-order valence-electron chi connectivity index (χ1n) is 6.24. The number of benzene rings is 1. The monoisotopic (exact) mass is 333 g/mol. The van der Waals surface area contributed by atoms with Gasteiger partial charge in [0.15, 0.2) is 0 Å².